The summed E-state index contributed by atoms with van der Waals surface area (Å²) in [5.74, 6) is 0.690. The maximum Gasteiger partial charge on any atom is 0.224 e. The van der Waals surface area contributed by atoms with Crippen molar-refractivity contribution < 1.29 is 9.50 Å². The number of nitrogens with one attached hydrogen (secondary N) is 1. The lowest BCUT2D eigenvalue weighted by Gasteiger charge is -2.31. The molecule has 1 aromatic rings. The Morgan fingerprint density at radius 2 is 2.33 bits per heavy atom. The summed E-state index contributed by atoms with van der Waals surface area (Å²) in [6.07, 6.45) is 3.42. The minimum absolute atomic E-state index is 0.261. The van der Waals surface area contributed by atoms with Gasteiger partial charge in [-0.1, -0.05) is 0 Å². The van der Waals surface area contributed by atoms with Crippen LogP contribution in [0.5, 0.6) is 0 Å². The number of halogens is 1. The minimum atomic E-state index is -0.424. The lowest BCUT2D eigenvalue weighted by Crippen LogP contribution is -2.39. The molecule has 21 heavy (non-hydrogen) atoms. The molecule has 0 aliphatic carbocycles. The van der Waals surface area contributed by atoms with Gasteiger partial charge in [0.15, 0.2) is 11.6 Å². The molecule has 2 rings (SSSR count). The standard InChI is InChI=1S/C14H24FN5O/c1-19(2)13-12(15)8-17-14(18-13)16-5-7-20-6-3-4-11(9-20)10-21/h8,11,21H,3-7,9-10H2,1-2H3,(H,16,17,18)/t11-/m0/s1. The highest BCUT2D eigenvalue weighted by Crippen LogP contribution is 2.16. The van der Waals surface area contributed by atoms with E-state index in [2.05, 4.69) is 20.2 Å². The quantitative estimate of drug-likeness (QED) is 0.810. The molecule has 0 spiro atoms. The largest absolute Gasteiger partial charge is 0.396 e. The number of aliphatic hydroxyl groups is 1. The van der Waals surface area contributed by atoms with Crippen LogP contribution < -0.4 is 10.2 Å². The Morgan fingerprint density at radius 3 is 3.05 bits per heavy atom. The van der Waals surface area contributed by atoms with Crippen LogP contribution in [0.3, 0.4) is 0 Å². The van der Waals surface area contributed by atoms with E-state index in [9.17, 15) is 9.50 Å². The highest BCUT2D eigenvalue weighted by atomic mass is 19.1. The molecule has 0 unspecified atom stereocenters. The Kier molecular flexibility index (Phi) is 5.69. The topological polar surface area (TPSA) is 64.5 Å². The van der Waals surface area contributed by atoms with Crippen LogP contribution >= 0.6 is 0 Å². The van der Waals surface area contributed by atoms with Crippen LogP contribution in [0.2, 0.25) is 0 Å². The van der Waals surface area contributed by atoms with Crippen molar-refractivity contribution >= 4 is 11.8 Å². The van der Waals surface area contributed by atoms with E-state index in [0.717, 1.165) is 32.5 Å². The third kappa shape index (κ3) is 4.50. The number of aromatic nitrogens is 2. The second-order valence-corrected chi connectivity index (χ2v) is 5.68. The fourth-order valence-electron chi connectivity index (χ4n) is 2.59. The van der Waals surface area contributed by atoms with Gasteiger partial charge in [0.2, 0.25) is 5.95 Å². The van der Waals surface area contributed by atoms with Crippen molar-refractivity contribution in [2.24, 2.45) is 5.92 Å². The van der Waals surface area contributed by atoms with Gasteiger partial charge in [-0.2, -0.15) is 4.98 Å². The first-order chi connectivity index (χ1) is 10.1. The van der Waals surface area contributed by atoms with Crippen molar-refractivity contribution in [3.05, 3.63) is 12.0 Å². The molecule has 6 nitrogen and oxygen atoms in total. The van der Waals surface area contributed by atoms with E-state index in [-0.39, 0.29) is 12.4 Å². The average molecular weight is 297 g/mol. The zero-order chi connectivity index (χ0) is 15.2. The highest BCUT2D eigenvalue weighted by Gasteiger charge is 2.18. The average Bonchev–Trinajstić information content (AvgIpc) is 2.49. The molecule has 0 amide bonds. The van der Waals surface area contributed by atoms with Crippen LogP contribution in [-0.2, 0) is 0 Å². The minimum Gasteiger partial charge on any atom is -0.396 e. The Labute approximate surface area is 125 Å². The zero-order valence-electron chi connectivity index (χ0n) is 12.7. The van der Waals surface area contributed by atoms with E-state index in [0.29, 0.717) is 18.4 Å². The summed E-state index contributed by atoms with van der Waals surface area (Å²) >= 11 is 0. The molecule has 1 aromatic heterocycles. The van der Waals surface area contributed by atoms with E-state index in [1.807, 2.05) is 0 Å². The Balaban J connectivity index is 1.82. The normalized spacial score (nSPS) is 19.5. The van der Waals surface area contributed by atoms with Gasteiger partial charge >= 0.3 is 0 Å². The highest BCUT2D eigenvalue weighted by molar-refractivity contribution is 5.42. The van der Waals surface area contributed by atoms with Gasteiger partial charge in [0, 0.05) is 40.3 Å². The smallest absolute Gasteiger partial charge is 0.224 e. The Hall–Kier alpha value is -1.47. The molecule has 7 heteroatoms. The summed E-state index contributed by atoms with van der Waals surface area (Å²) in [4.78, 5) is 12.1. The first-order valence-corrected chi connectivity index (χ1v) is 7.37. The number of piperidine rings is 1. The number of hydrogen-bond donors (Lipinski definition) is 2. The summed E-state index contributed by atoms with van der Waals surface area (Å²) in [5, 5.41) is 12.3. The molecule has 1 fully saturated rings. The van der Waals surface area contributed by atoms with Gasteiger partial charge in [-0.15, -0.1) is 0 Å². The van der Waals surface area contributed by atoms with Crippen LogP contribution in [0.1, 0.15) is 12.8 Å². The van der Waals surface area contributed by atoms with Crippen molar-refractivity contribution in [3.8, 4) is 0 Å². The van der Waals surface area contributed by atoms with Crippen LogP contribution in [0.4, 0.5) is 16.2 Å². The third-order valence-corrected chi connectivity index (χ3v) is 3.72. The number of hydrogen-bond acceptors (Lipinski definition) is 6. The van der Waals surface area contributed by atoms with E-state index in [1.165, 1.54) is 6.20 Å². The molecule has 0 aromatic carbocycles. The molecule has 118 valence electrons. The second-order valence-electron chi connectivity index (χ2n) is 5.68. The molecule has 0 bridgehead atoms. The first kappa shape index (κ1) is 15.9. The Morgan fingerprint density at radius 1 is 1.52 bits per heavy atom. The van der Waals surface area contributed by atoms with Crippen molar-refractivity contribution in [2.45, 2.75) is 12.8 Å². The monoisotopic (exact) mass is 297 g/mol. The molecular formula is C14H24FN5O. The molecule has 2 N–H and O–H groups in total. The fourth-order valence-corrected chi connectivity index (χ4v) is 2.59. The number of nitrogens with zero attached hydrogens (tertiary/aromatic N) is 4. The molecule has 1 aliphatic heterocycles. The van der Waals surface area contributed by atoms with Gasteiger partial charge in [0.05, 0.1) is 6.20 Å². The van der Waals surface area contributed by atoms with Crippen molar-refractivity contribution in [3.63, 3.8) is 0 Å². The Bertz CT molecular complexity index is 457. The summed E-state index contributed by atoms with van der Waals surface area (Å²) in [6.45, 7) is 3.83. The van der Waals surface area contributed by atoms with Gasteiger partial charge in [-0.05, 0) is 25.3 Å². The van der Waals surface area contributed by atoms with Crippen LogP contribution in [0.25, 0.3) is 0 Å². The summed E-state index contributed by atoms with van der Waals surface area (Å²) in [7, 11) is 3.50. The van der Waals surface area contributed by atoms with E-state index in [4.69, 9.17) is 0 Å². The number of likely N-dealkylation sites (tertiary alicyclic amines) is 1. The first-order valence-electron chi connectivity index (χ1n) is 7.37. The van der Waals surface area contributed by atoms with Crippen molar-refractivity contribution in [1.29, 1.82) is 0 Å². The van der Waals surface area contributed by atoms with Crippen LogP contribution in [-0.4, -0.2) is 66.9 Å². The molecule has 0 radical (unpaired) electrons. The number of rotatable bonds is 6. The van der Waals surface area contributed by atoms with Gasteiger partial charge in [-0.25, -0.2) is 9.37 Å². The molecule has 0 saturated carbocycles. The van der Waals surface area contributed by atoms with E-state index >= 15 is 0 Å². The SMILES string of the molecule is CN(C)c1nc(NCCN2CCC[C@H](CO)C2)ncc1F. The zero-order valence-corrected chi connectivity index (χ0v) is 12.7. The molecular weight excluding hydrogens is 273 g/mol. The van der Waals surface area contributed by atoms with Crippen molar-refractivity contribution in [2.75, 3.05) is 57.1 Å². The predicted octanol–water partition coefficient (Wildman–Crippen LogP) is 0.798. The van der Waals surface area contributed by atoms with Gasteiger partial charge in [0.25, 0.3) is 0 Å². The molecule has 2 heterocycles. The maximum absolute atomic E-state index is 13.5. The van der Waals surface area contributed by atoms with Crippen molar-refractivity contribution in [1.82, 2.24) is 14.9 Å². The lowest BCUT2D eigenvalue weighted by molar-refractivity contribution is 0.123. The summed E-state index contributed by atoms with van der Waals surface area (Å²) in [5.41, 5.74) is 0. The third-order valence-electron chi connectivity index (χ3n) is 3.72. The lowest BCUT2D eigenvalue weighted by atomic mass is 9.99. The summed E-state index contributed by atoms with van der Waals surface area (Å²) < 4.78 is 13.5. The van der Waals surface area contributed by atoms with Gasteiger partial charge < -0.3 is 20.2 Å². The van der Waals surface area contributed by atoms with E-state index < -0.39 is 5.82 Å². The molecule has 1 atom stereocenters. The van der Waals surface area contributed by atoms with E-state index in [1.54, 1.807) is 19.0 Å². The summed E-state index contributed by atoms with van der Waals surface area (Å²) in [6, 6.07) is 0. The van der Waals surface area contributed by atoms with Gasteiger partial charge in [-0.3, -0.25) is 0 Å². The van der Waals surface area contributed by atoms with Crippen LogP contribution in [0, 0.1) is 11.7 Å². The fraction of sp³-hybridized carbons (Fsp3) is 0.714. The maximum atomic E-state index is 13.5. The second kappa shape index (κ2) is 7.51. The molecule has 1 aliphatic rings. The number of anilines is 2. The number of aliphatic hydroxyl groups excluding tert-OH is 1. The molecule has 1 saturated heterocycles. The predicted molar refractivity (Wildman–Crippen MR) is 81.1 cm³/mol. The van der Waals surface area contributed by atoms with Gasteiger partial charge in [0.1, 0.15) is 0 Å². The van der Waals surface area contributed by atoms with Crippen LogP contribution in [0.15, 0.2) is 6.20 Å².